The predicted octanol–water partition coefficient (Wildman–Crippen LogP) is 4.06. The summed E-state index contributed by atoms with van der Waals surface area (Å²) >= 11 is 0. The zero-order chi connectivity index (χ0) is 16.1. The Labute approximate surface area is 135 Å². The van der Waals surface area contributed by atoms with E-state index in [9.17, 15) is 0 Å². The lowest BCUT2D eigenvalue weighted by Crippen LogP contribution is -2.18. The monoisotopic (exact) mass is 303 g/mol. The van der Waals surface area contributed by atoms with Gasteiger partial charge in [0.2, 0.25) is 0 Å². The van der Waals surface area contributed by atoms with Gasteiger partial charge in [0.25, 0.3) is 0 Å². The second-order valence-electron chi connectivity index (χ2n) is 5.39. The van der Waals surface area contributed by atoms with Gasteiger partial charge in [0.15, 0.2) is 5.76 Å². The number of aromatic nitrogens is 1. The van der Waals surface area contributed by atoms with Crippen LogP contribution in [0.4, 0.5) is 0 Å². The first-order valence-electron chi connectivity index (χ1n) is 7.51. The predicted molar refractivity (Wildman–Crippen MR) is 88.4 cm³/mol. The summed E-state index contributed by atoms with van der Waals surface area (Å²) in [5, 5.41) is 16.5. The van der Waals surface area contributed by atoms with Gasteiger partial charge in [0, 0.05) is 24.2 Å². The first-order chi connectivity index (χ1) is 11.3. The third-order valence-electron chi connectivity index (χ3n) is 3.72. The Balaban J connectivity index is 1.64. The summed E-state index contributed by atoms with van der Waals surface area (Å²) < 4.78 is 5.39. The molecule has 0 aliphatic rings. The third kappa shape index (κ3) is 3.65. The molecule has 4 heteroatoms. The molecule has 114 valence electrons. The molecular formula is C19H17N3O. The van der Waals surface area contributed by atoms with Crippen molar-refractivity contribution in [3.63, 3.8) is 0 Å². The minimum Gasteiger partial charge on any atom is -0.356 e. The first kappa shape index (κ1) is 15.0. The van der Waals surface area contributed by atoms with E-state index in [-0.39, 0.29) is 6.04 Å². The maximum atomic E-state index is 8.97. The number of nitrogens with one attached hydrogen (secondary N) is 1. The highest BCUT2D eigenvalue weighted by Crippen LogP contribution is 2.20. The average Bonchev–Trinajstić information content (AvgIpc) is 3.09. The van der Waals surface area contributed by atoms with Crippen LogP contribution in [0.2, 0.25) is 0 Å². The van der Waals surface area contributed by atoms with E-state index in [1.807, 2.05) is 54.6 Å². The topological polar surface area (TPSA) is 61.9 Å². The summed E-state index contributed by atoms with van der Waals surface area (Å²) in [6.07, 6.45) is 0. The minimum absolute atomic E-state index is 0.125. The highest BCUT2D eigenvalue weighted by atomic mass is 16.5. The molecule has 3 rings (SSSR count). The van der Waals surface area contributed by atoms with Gasteiger partial charge >= 0.3 is 0 Å². The van der Waals surface area contributed by atoms with E-state index in [0.717, 1.165) is 22.6 Å². The van der Waals surface area contributed by atoms with E-state index in [1.165, 1.54) is 0 Å². The zero-order valence-electron chi connectivity index (χ0n) is 12.9. The molecule has 2 aromatic carbocycles. The molecule has 3 aromatic rings. The minimum atomic E-state index is 0.125. The lowest BCUT2D eigenvalue weighted by atomic mass is 10.1. The van der Waals surface area contributed by atoms with Crippen molar-refractivity contribution in [2.24, 2.45) is 0 Å². The Kier molecular flexibility index (Phi) is 4.51. The molecule has 0 amide bonds. The molecule has 0 unspecified atom stereocenters. The van der Waals surface area contributed by atoms with Crippen molar-refractivity contribution >= 4 is 0 Å². The molecule has 4 nitrogen and oxygen atoms in total. The fraction of sp³-hybridized carbons (Fsp3) is 0.158. The highest BCUT2D eigenvalue weighted by molar-refractivity contribution is 5.56. The second-order valence-corrected chi connectivity index (χ2v) is 5.39. The Morgan fingerprint density at radius 1 is 1.13 bits per heavy atom. The van der Waals surface area contributed by atoms with Crippen molar-refractivity contribution in [3.05, 3.63) is 77.5 Å². The summed E-state index contributed by atoms with van der Waals surface area (Å²) in [5.74, 6) is 0.765. The first-order valence-corrected chi connectivity index (χ1v) is 7.51. The molecule has 0 saturated carbocycles. The molecule has 0 aliphatic carbocycles. The van der Waals surface area contributed by atoms with Crippen molar-refractivity contribution in [3.8, 4) is 17.4 Å². The van der Waals surface area contributed by atoms with Crippen LogP contribution in [0.25, 0.3) is 11.3 Å². The Bertz CT molecular complexity index is 818. The Hall–Kier alpha value is -2.90. The van der Waals surface area contributed by atoms with Crippen LogP contribution in [0.3, 0.4) is 0 Å². The quantitative estimate of drug-likeness (QED) is 0.772. The highest BCUT2D eigenvalue weighted by Gasteiger charge is 2.09. The van der Waals surface area contributed by atoms with E-state index in [0.29, 0.717) is 12.1 Å². The number of hydrogen-bond donors (Lipinski definition) is 1. The van der Waals surface area contributed by atoms with Crippen molar-refractivity contribution in [2.45, 2.75) is 19.5 Å². The molecular weight excluding hydrogens is 286 g/mol. The van der Waals surface area contributed by atoms with Crippen molar-refractivity contribution in [1.29, 1.82) is 5.26 Å². The van der Waals surface area contributed by atoms with Gasteiger partial charge in [0.1, 0.15) is 0 Å². The van der Waals surface area contributed by atoms with Crippen LogP contribution < -0.4 is 5.32 Å². The molecule has 23 heavy (non-hydrogen) atoms. The van der Waals surface area contributed by atoms with Crippen LogP contribution >= 0.6 is 0 Å². The van der Waals surface area contributed by atoms with E-state index >= 15 is 0 Å². The molecule has 1 atom stereocenters. The molecule has 0 radical (unpaired) electrons. The molecule has 1 aromatic heterocycles. The average molecular weight is 303 g/mol. The van der Waals surface area contributed by atoms with Crippen LogP contribution in [-0.2, 0) is 6.54 Å². The molecule has 0 saturated heterocycles. The normalized spacial score (nSPS) is 11.8. The standard InChI is InChI=1S/C19H17N3O/c1-14(17-9-5-6-15(10-17)12-20)21-13-18-11-19(23-22-18)16-7-3-2-4-8-16/h2-11,14,21H,13H2,1H3/t14-/m1/s1. The second kappa shape index (κ2) is 6.91. The van der Waals surface area contributed by atoms with Gasteiger partial charge in [-0.15, -0.1) is 0 Å². The molecule has 0 bridgehead atoms. The number of hydrogen-bond acceptors (Lipinski definition) is 4. The van der Waals surface area contributed by atoms with E-state index in [2.05, 4.69) is 23.5 Å². The van der Waals surface area contributed by atoms with E-state index < -0.39 is 0 Å². The summed E-state index contributed by atoms with van der Waals surface area (Å²) in [6.45, 7) is 2.67. The summed E-state index contributed by atoms with van der Waals surface area (Å²) in [4.78, 5) is 0. The van der Waals surface area contributed by atoms with Crippen molar-refractivity contribution in [2.75, 3.05) is 0 Å². The largest absolute Gasteiger partial charge is 0.356 e. The molecule has 0 aliphatic heterocycles. The lowest BCUT2D eigenvalue weighted by molar-refractivity contribution is 0.417. The number of rotatable bonds is 5. The smallest absolute Gasteiger partial charge is 0.167 e. The lowest BCUT2D eigenvalue weighted by Gasteiger charge is -2.13. The maximum Gasteiger partial charge on any atom is 0.167 e. The fourth-order valence-electron chi connectivity index (χ4n) is 2.39. The molecule has 1 heterocycles. The van der Waals surface area contributed by atoms with E-state index in [1.54, 1.807) is 6.07 Å². The van der Waals surface area contributed by atoms with Gasteiger partial charge in [-0.1, -0.05) is 47.6 Å². The number of nitrogens with zero attached hydrogens (tertiary/aromatic N) is 2. The van der Waals surface area contributed by atoms with Gasteiger partial charge < -0.3 is 9.84 Å². The number of benzene rings is 2. The van der Waals surface area contributed by atoms with Gasteiger partial charge in [-0.05, 0) is 24.6 Å². The summed E-state index contributed by atoms with van der Waals surface area (Å²) in [7, 11) is 0. The van der Waals surface area contributed by atoms with Crippen molar-refractivity contribution in [1.82, 2.24) is 10.5 Å². The summed E-state index contributed by atoms with van der Waals surface area (Å²) in [5.41, 5.74) is 3.62. The Morgan fingerprint density at radius 3 is 2.74 bits per heavy atom. The van der Waals surface area contributed by atoms with Crippen LogP contribution in [0, 0.1) is 11.3 Å². The third-order valence-corrected chi connectivity index (χ3v) is 3.72. The Morgan fingerprint density at radius 2 is 1.96 bits per heavy atom. The van der Waals surface area contributed by atoms with E-state index in [4.69, 9.17) is 9.78 Å². The zero-order valence-corrected chi connectivity index (χ0v) is 12.9. The van der Waals surface area contributed by atoms with Gasteiger partial charge in [0.05, 0.1) is 17.3 Å². The van der Waals surface area contributed by atoms with Crippen LogP contribution in [0.15, 0.2) is 65.2 Å². The summed E-state index contributed by atoms with van der Waals surface area (Å²) in [6, 6.07) is 21.7. The SMILES string of the molecule is C[C@@H](NCc1cc(-c2ccccc2)on1)c1cccc(C#N)c1. The molecule has 1 N–H and O–H groups in total. The molecule has 0 fully saturated rings. The maximum absolute atomic E-state index is 8.97. The number of nitriles is 1. The van der Waals surface area contributed by atoms with Crippen LogP contribution in [0.5, 0.6) is 0 Å². The van der Waals surface area contributed by atoms with Gasteiger partial charge in [-0.25, -0.2) is 0 Å². The van der Waals surface area contributed by atoms with Gasteiger partial charge in [-0.3, -0.25) is 0 Å². The van der Waals surface area contributed by atoms with Crippen molar-refractivity contribution < 1.29 is 4.52 Å². The fourth-order valence-corrected chi connectivity index (χ4v) is 2.39. The van der Waals surface area contributed by atoms with Crippen LogP contribution in [0.1, 0.15) is 29.8 Å². The van der Waals surface area contributed by atoms with Crippen LogP contribution in [-0.4, -0.2) is 5.16 Å². The molecule has 0 spiro atoms. The van der Waals surface area contributed by atoms with Gasteiger partial charge in [-0.2, -0.15) is 5.26 Å².